The second-order valence-electron chi connectivity index (χ2n) is 3.84. The first-order chi connectivity index (χ1) is 8.78. The summed E-state index contributed by atoms with van der Waals surface area (Å²) in [5, 5.41) is 0. The topological polar surface area (TPSA) is 57.1 Å². The molecule has 5 heteroatoms. The van der Waals surface area contributed by atoms with Crippen molar-refractivity contribution in [1.82, 2.24) is 0 Å². The van der Waals surface area contributed by atoms with E-state index < -0.39 is 6.16 Å². The van der Waals surface area contributed by atoms with Gasteiger partial charge < -0.3 is 14.2 Å². The van der Waals surface area contributed by atoms with Gasteiger partial charge in [0.2, 0.25) is 5.90 Å². The van der Waals surface area contributed by atoms with Gasteiger partial charge in [-0.25, -0.2) is 9.79 Å². The monoisotopic (exact) mass is 245 g/mol. The van der Waals surface area contributed by atoms with Crippen molar-refractivity contribution < 1.29 is 19.0 Å². The second kappa shape index (κ2) is 4.18. The summed E-state index contributed by atoms with van der Waals surface area (Å²) in [7, 11) is 0. The molecule has 0 aromatic heterocycles. The Kier molecular flexibility index (Phi) is 2.51. The van der Waals surface area contributed by atoms with E-state index in [0.717, 1.165) is 11.3 Å². The summed E-state index contributed by atoms with van der Waals surface area (Å²) >= 11 is 0. The first kappa shape index (κ1) is 10.8. The minimum absolute atomic E-state index is 0.203. The van der Waals surface area contributed by atoms with E-state index in [1.807, 2.05) is 24.3 Å². The van der Waals surface area contributed by atoms with Gasteiger partial charge >= 0.3 is 6.16 Å². The zero-order valence-electron chi connectivity index (χ0n) is 9.75. The lowest BCUT2D eigenvalue weighted by molar-refractivity contribution is 0.101. The highest BCUT2D eigenvalue weighted by molar-refractivity contribution is 5.97. The molecular weight excluding hydrogens is 234 g/mol. The van der Waals surface area contributed by atoms with E-state index in [9.17, 15) is 4.79 Å². The van der Waals surface area contributed by atoms with Gasteiger partial charge in [-0.05, 0) is 13.0 Å². The van der Waals surface area contributed by atoms with Crippen molar-refractivity contribution in [1.29, 1.82) is 0 Å². The zero-order chi connectivity index (χ0) is 12.5. The number of carbonyl (C=O) groups excluding carboxylic acids is 1. The zero-order valence-corrected chi connectivity index (χ0v) is 9.75. The number of benzene rings is 1. The maximum absolute atomic E-state index is 11.2. The number of rotatable bonds is 1. The van der Waals surface area contributed by atoms with E-state index in [1.54, 1.807) is 13.0 Å². The molecule has 1 atom stereocenters. The molecule has 0 amide bonds. The number of aliphatic imine (C=N–C) groups is 1. The Morgan fingerprint density at radius 2 is 2.28 bits per heavy atom. The SMILES string of the molecule is CCOC(=O)OC1=NC2C(=C1)Oc1ccccc12. The van der Waals surface area contributed by atoms with Crippen LogP contribution in [0, 0.1) is 0 Å². The molecule has 1 aromatic rings. The maximum Gasteiger partial charge on any atom is 0.515 e. The second-order valence-corrected chi connectivity index (χ2v) is 3.84. The quantitative estimate of drug-likeness (QED) is 0.713. The van der Waals surface area contributed by atoms with Crippen LogP contribution in [0.25, 0.3) is 0 Å². The number of fused-ring (bicyclic) bond motifs is 3. The van der Waals surface area contributed by atoms with E-state index in [0.29, 0.717) is 5.76 Å². The molecule has 1 aromatic carbocycles. The largest absolute Gasteiger partial charge is 0.515 e. The average Bonchev–Trinajstić information content (AvgIpc) is 2.86. The Morgan fingerprint density at radius 1 is 1.44 bits per heavy atom. The fourth-order valence-corrected chi connectivity index (χ4v) is 1.95. The summed E-state index contributed by atoms with van der Waals surface area (Å²) in [5.74, 6) is 1.70. The van der Waals surface area contributed by atoms with Crippen molar-refractivity contribution in [2.45, 2.75) is 13.0 Å². The lowest BCUT2D eigenvalue weighted by Crippen LogP contribution is -2.11. The Bertz CT molecular complexity index is 562. The molecule has 0 bridgehead atoms. The highest BCUT2D eigenvalue weighted by Gasteiger charge is 2.34. The van der Waals surface area contributed by atoms with Gasteiger partial charge in [-0.3, -0.25) is 0 Å². The molecule has 0 saturated carbocycles. The lowest BCUT2D eigenvalue weighted by Gasteiger charge is -2.02. The van der Waals surface area contributed by atoms with E-state index in [-0.39, 0.29) is 18.5 Å². The van der Waals surface area contributed by atoms with Crippen molar-refractivity contribution >= 4 is 12.1 Å². The van der Waals surface area contributed by atoms with Crippen LogP contribution < -0.4 is 4.74 Å². The average molecular weight is 245 g/mol. The van der Waals surface area contributed by atoms with Crippen LogP contribution in [-0.4, -0.2) is 18.7 Å². The van der Waals surface area contributed by atoms with Crippen molar-refractivity contribution in [3.05, 3.63) is 41.7 Å². The highest BCUT2D eigenvalue weighted by Crippen LogP contribution is 2.43. The molecule has 0 aliphatic carbocycles. The summed E-state index contributed by atoms with van der Waals surface area (Å²) in [4.78, 5) is 15.5. The van der Waals surface area contributed by atoms with Gasteiger partial charge in [0.05, 0.1) is 6.61 Å². The fourth-order valence-electron chi connectivity index (χ4n) is 1.95. The summed E-state index contributed by atoms with van der Waals surface area (Å²) in [5.41, 5.74) is 0.978. The molecule has 18 heavy (non-hydrogen) atoms. The highest BCUT2D eigenvalue weighted by atomic mass is 16.7. The van der Waals surface area contributed by atoms with Crippen LogP contribution in [0.2, 0.25) is 0 Å². The van der Waals surface area contributed by atoms with Crippen molar-refractivity contribution in [2.75, 3.05) is 6.61 Å². The Hall–Kier alpha value is -2.30. The van der Waals surface area contributed by atoms with Crippen LogP contribution in [-0.2, 0) is 9.47 Å². The predicted molar refractivity (Wildman–Crippen MR) is 63.4 cm³/mol. The lowest BCUT2D eigenvalue weighted by atomic mass is 10.1. The van der Waals surface area contributed by atoms with E-state index in [1.165, 1.54) is 0 Å². The smallest absolute Gasteiger partial charge is 0.458 e. The van der Waals surface area contributed by atoms with Gasteiger partial charge in [0.1, 0.15) is 17.6 Å². The molecule has 0 saturated heterocycles. The standard InChI is InChI=1S/C13H11NO4/c1-2-16-13(15)18-11-7-10-12(14-11)8-5-3-4-6-9(8)17-10/h3-7,12H,2H2,1H3. The molecule has 1 unspecified atom stereocenters. The predicted octanol–water partition coefficient (Wildman–Crippen LogP) is 2.59. The summed E-state index contributed by atoms with van der Waals surface area (Å²) in [6.07, 6.45) is 0.864. The molecule has 5 nitrogen and oxygen atoms in total. The van der Waals surface area contributed by atoms with Gasteiger partial charge in [-0.2, -0.15) is 0 Å². The van der Waals surface area contributed by atoms with Gasteiger partial charge in [-0.15, -0.1) is 0 Å². The van der Waals surface area contributed by atoms with E-state index >= 15 is 0 Å². The van der Waals surface area contributed by atoms with E-state index in [2.05, 4.69) is 9.73 Å². The van der Waals surface area contributed by atoms with E-state index in [4.69, 9.17) is 9.47 Å². The maximum atomic E-state index is 11.2. The molecule has 92 valence electrons. The number of hydrogen-bond donors (Lipinski definition) is 0. The molecule has 2 heterocycles. The van der Waals surface area contributed by atoms with Crippen LogP contribution in [0.5, 0.6) is 5.75 Å². The Labute approximate surface area is 104 Å². The third-order valence-electron chi connectivity index (χ3n) is 2.68. The van der Waals surface area contributed by atoms with Gasteiger partial charge in [0.15, 0.2) is 0 Å². The summed E-state index contributed by atoms with van der Waals surface area (Å²) in [6.45, 7) is 1.98. The normalized spacial score (nSPS) is 19.3. The first-order valence-electron chi connectivity index (χ1n) is 5.68. The minimum atomic E-state index is -0.749. The molecule has 2 aliphatic rings. The molecule has 0 N–H and O–H groups in total. The fraction of sp³-hybridized carbons (Fsp3) is 0.231. The third kappa shape index (κ3) is 1.73. The number of carbonyl (C=O) groups is 1. The van der Waals surface area contributed by atoms with Crippen molar-refractivity contribution in [2.24, 2.45) is 4.99 Å². The number of para-hydroxylation sites is 1. The first-order valence-corrected chi connectivity index (χ1v) is 5.68. The number of hydrogen-bond acceptors (Lipinski definition) is 5. The van der Waals surface area contributed by atoms with Gasteiger partial charge in [-0.1, -0.05) is 18.2 Å². The third-order valence-corrected chi connectivity index (χ3v) is 2.68. The van der Waals surface area contributed by atoms with Gasteiger partial charge in [0, 0.05) is 11.6 Å². The molecule has 3 rings (SSSR count). The van der Waals surface area contributed by atoms with Crippen LogP contribution >= 0.6 is 0 Å². The van der Waals surface area contributed by atoms with Crippen molar-refractivity contribution in [3.8, 4) is 5.75 Å². The van der Waals surface area contributed by atoms with Crippen LogP contribution in [0.1, 0.15) is 18.5 Å². The van der Waals surface area contributed by atoms with Crippen molar-refractivity contribution in [3.63, 3.8) is 0 Å². The number of nitrogens with zero attached hydrogens (tertiary/aromatic N) is 1. The van der Waals surface area contributed by atoms with Crippen LogP contribution in [0.4, 0.5) is 4.79 Å². The van der Waals surface area contributed by atoms with Crippen LogP contribution in [0.15, 0.2) is 41.1 Å². The Balaban J connectivity index is 1.79. The number of ether oxygens (including phenoxy) is 3. The van der Waals surface area contributed by atoms with Gasteiger partial charge in [0.25, 0.3) is 0 Å². The van der Waals surface area contributed by atoms with Crippen LogP contribution in [0.3, 0.4) is 0 Å². The molecular formula is C13H11NO4. The minimum Gasteiger partial charge on any atom is -0.458 e. The molecule has 0 fully saturated rings. The summed E-state index contributed by atoms with van der Waals surface area (Å²) in [6, 6.07) is 7.45. The Morgan fingerprint density at radius 3 is 3.11 bits per heavy atom. The molecule has 0 spiro atoms. The molecule has 2 aliphatic heterocycles. The molecule has 0 radical (unpaired) electrons. The summed E-state index contributed by atoms with van der Waals surface area (Å²) < 4.78 is 15.2.